The summed E-state index contributed by atoms with van der Waals surface area (Å²) in [6, 6.07) is 0. The molecule has 0 saturated carbocycles. The summed E-state index contributed by atoms with van der Waals surface area (Å²) in [5.41, 5.74) is 0. The molecule has 0 spiro atoms. The van der Waals surface area contributed by atoms with E-state index in [1.165, 1.54) is 88.6 Å². The maximum absolute atomic E-state index is 9.46. The smallest absolute Gasteiger partial charge is 0.0441 e. The Balaban J connectivity index is 4.00. The fourth-order valence-electron chi connectivity index (χ4n) is 3.24. The molecule has 0 saturated heterocycles. The monoisotopic (exact) mass is 406 g/mol. The minimum atomic E-state index is 0.272. The van der Waals surface area contributed by atoms with Crippen molar-refractivity contribution >= 4 is 23.5 Å². The second-order valence-corrected chi connectivity index (χ2v) is 10.1. The van der Waals surface area contributed by atoms with E-state index in [0.717, 1.165) is 12.8 Å². The Bertz CT molecular complexity index is 239. The standard InChI is InChI=1S/C22H46O2S2/c1-3-5-7-9-11-13-19-25-21(15-17-23)22(16-18-24)26-20-14-12-10-8-6-4-2/h21-24H,3-20H2,1-2H3. The first-order chi connectivity index (χ1) is 12.8. The highest BCUT2D eigenvalue weighted by atomic mass is 32.2. The molecule has 0 aromatic carbocycles. The zero-order valence-electron chi connectivity index (χ0n) is 17.6. The van der Waals surface area contributed by atoms with Crippen molar-refractivity contribution in [3.63, 3.8) is 0 Å². The minimum absolute atomic E-state index is 0.272. The highest BCUT2D eigenvalue weighted by Crippen LogP contribution is 2.31. The third-order valence-electron chi connectivity index (χ3n) is 4.90. The van der Waals surface area contributed by atoms with Crippen LogP contribution >= 0.6 is 23.5 Å². The molecule has 0 aliphatic carbocycles. The maximum Gasteiger partial charge on any atom is 0.0441 e. The average Bonchev–Trinajstić information content (AvgIpc) is 2.65. The fraction of sp³-hybridized carbons (Fsp3) is 1.00. The second-order valence-electron chi connectivity index (χ2n) is 7.38. The molecular formula is C22H46O2S2. The van der Waals surface area contributed by atoms with Gasteiger partial charge in [-0.15, -0.1) is 0 Å². The van der Waals surface area contributed by atoms with Crippen molar-refractivity contribution in [1.82, 2.24) is 0 Å². The van der Waals surface area contributed by atoms with E-state index < -0.39 is 0 Å². The number of thioether (sulfide) groups is 2. The molecule has 0 bridgehead atoms. The molecule has 0 radical (unpaired) electrons. The van der Waals surface area contributed by atoms with Crippen molar-refractivity contribution < 1.29 is 10.2 Å². The van der Waals surface area contributed by atoms with Crippen molar-refractivity contribution in [3.05, 3.63) is 0 Å². The molecule has 26 heavy (non-hydrogen) atoms. The summed E-state index contributed by atoms with van der Waals surface area (Å²) in [5, 5.41) is 19.9. The number of hydrogen-bond donors (Lipinski definition) is 2. The van der Waals surface area contributed by atoms with Crippen LogP contribution in [-0.2, 0) is 0 Å². The van der Waals surface area contributed by atoms with Crippen LogP contribution < -0.4 is 0 Å². The molecule has 0 amide bonds. The molecule has 0 aromatic heterocycles. The lowest BCUT2D eigenvalue weighted by molar-refractivity contribution is 0.270. The summed E-state index contributed by atoms with van der Waals surface area (Å²) in [6.45, 7) is 5.07. The van der Waals surface area contributed by atoms with Crippen molar-refractivity contribution in [2.45, 2.75) is 114 Å². The van der Waals surface area contributed by atoms with Gasteiger partial charge < -0.3 is 10.2 Å². The molecule has 4 heteroatoms. The van der Waals surface area contributed by atoms with Crippen LogP contribution in [0.25, 0.3) is 0 Å². The van der Waals surface area contributed by atoms with Gasteiger partial charge in [-0.05, 0) is 37.2 Å². The molecule has 2 N–H and O–H groups in total. The molecule has 2 unspecified atom stereocenters. The average molecular weight is 407 g/mol. The summed E-state index contributed by atoms with van der Waals surface area (Å²) >= 11 is 4.08. The first-order valence-corrected chi connectivity index (χ1v) is 13.3. The van der Waals surface area contributed by atoms with Gasteiger partial charge in [0.05, 0.1) is 0 Å². The van der Waals surface area contributed by atoms with E-state index in [9.17, 15) is 10.2 Å². The molecule has 2 atom stereocenters. The Morgan fingerprint density at radius 2 is 0.885 bits per heavy atom. The number of aliphatic hydroxyl groups excluding tert-OH is 2. The molecule has 0 aromatic rings. The summed E-state index contributed by atoms with van der Waals surface area (Å²) in [7, 11) is 0. The number of aliphatic hydroxyl groups is 2. The predicted octanol–water partition coefficient (Wildman–Crippen LogP) is 6.68. The van der Waals surface area contributed by atoms with E-state index in [4.69, 9.17) is 0 Å². The van der Waals surface area contributed by atoms with E-state index in [1.54, 1.807) is 0 Å². The van der Waals surface area contributed by atoms with Gasteiger partial charge in [0.25, 0.3) is 0 Å². The fourth-order valence-corrected chi connectivity index (χ4v) is 6.31. The van der Waals surface area contributed by atoms with Crippen molar-refractivity contribution in [2.75, 3.05) is 24.7 Å². The maximum atomic E-state index is 9.46. The van der Waals surface area contributed by atoms with E-state index in [2.05, 4.69) is 13.8 Å². The van der Waals surface area contributed by atoms with Crippen LogP contribution in [0.2, 0.25) is 0 Å². The first kappa shape index (κ1) is 26.6. The Kier molecular flexibility index (Phi) is 22.4. The van der Waals surface area contributed by atoms with E-state index in [1.807, 2.05) is 23.5 Å². The number of unbranched alkanes of at least 4 members (excludes halogenated alkanes) is 10. The van der Waals surface area contributed by atoms with Crippen molar-refractivity contribution in [2.24, 2.45) is 0 Å². The summed E-state index contributed by atoms with van der Waals surface area (Å²) in [6.07, 6.45) is 17.9. The Labute approximate surface area is 172 Å². The highest BCUT2D eigenvalue weighted by molar-refractivity contribution is 8.03. The Hall–Kier alpha value is 0.620. The van der Waals surface area contributed by atoms with E-state index >= 15 is 0 Å². The normalized spacial score (nSPS) is 13.8. The van der Waals surface area contributed by atoms with Crippen LogP contribution in [0.5, 0.6) is 0 Å². The lowest BCUT2D eigenvalue weighted by atomic mass is 10.1. The topological polar surface area (TPSA) is 40.5 Å². The molecule has 0 heterocycles. The van der Waals surface area contributed by atoms with Gasteiger partial charge in [-0.1, -0.05) is 78.1 Å². The third kappa shape index (κ3) is 16.8. The van der Waals surface area contributed by atoms with Crippen LogP contribution in [0.3, 0.4) is 0 Å². The van der Waals surface area contributed by atoms with E-state index in [-0.39, 0.29) is 13.2 Å². The van der Waals surface area contributed by atoms with E-state index in [0.29, 0.717) is 10.5 Å². The molecule has 0 aliphatic rings. The summed E-state index contributed by atoms with van der Waals surface area (Å²) < 4.78 is 0. The SMILES string of the molecule is CCCCCCCCSC(CCO)C(CCO)SCCCCCCCC. The van der Waals surface area contributed by atoms with Crippen LogP contribution in [-0.4, -0.2) is 45.4 Å². The quantitative estimate of drug-likeness (QED) is 0.209. The van der Waals surface area contributed by atoms with Crippen LogP contribution in [0, 0.1) is 0 Å². The van der Waals surface area contributed by atoms with Gasteiger partial charge >= 0.3 is 0 Å². The summed E-state index contributed by atoms with van der Waals surface area (Å²) in [4.78, 5) is 0. The Morgan fingerprint density at radius 3 is 1.23 bits per heavy atom. The van der Waals surface area contributed by atoms with Gasteiger partial charge in [0.15, 0.2) is 0 Å². The van der Waals surface area contributed by atoms with Crippen LogP contribution in [0.1, 0.15) is 104 Å². The number of hydrogen-bond acceptors (Lipinski definition) is 4. The van der Waals surface area contributed by atoms with Crippen molar-refractivity contribution in [1.29, 1.82) is 0 Å². The highest BCUT2D eigenvalue weighted by Gasteiger charge is 2.21. The zero-order chi connectivity index (χ0) is 19.3. The van der Waals surface area contributed by atoms with Gasteiger partial charge in [0.1, 0.15) is 0 Å². The van der Waals surface area contributed by atoms with Crippen LogP contribution in [0.4, 0.5) is 0 Å². The van der Waals surface area contributed by atoms with Crippen molar-refractivity contribution in [3.8, 4) is 0 Å². The minimum Gasteiger partial charge on any atom is -0.396 e. The number of rotatable bonds is 21. The van der Waals surface area contributed by atoms with Gasteiger partial charge in [-0.3, -0.25) is 0 Å². The molecule has 0 rings (SSSR count). The van der Waals surface area contributed by atoms with Gasteiger partial charge in [-0.2, -0.15) is 23.5 Å². The van der Waals surface area contributed by atoms with Gasteiger partial charge in [0.2, 0.25) is 0 Å². The Morgan fingerprint density at radius 1 is 0.538 bits per heavy atom. The molecule has 0 fully saturated rings. The van der Waals surface area contributed by atoms with Gasteiger partial charge in [0, 0.05) is 23.7 Å². The molecule has 0 aliphatic heterocycles. The molecule has 2 nitrogen and oxygen atoms in total. The summed E-state index contributed by atoms with van der Waals surface area (Å²) in [5.74, 6) is 2.41. The molecular weight excluding hydrogens is 360 g/mol. The molecule has 158 valence electrons. The van der Waals surface area contributed by atoms with Gasteiger partial charge in [-0.25, -0.2) is 0 Å². The van der Waals surface area contributed by atoms with Crippen LogP contribution in [0.15, 0.2) is 0 Å². The third-order valence-corrected chi connectivity index (χ3v) is 8.11. The first-order valence-electron chi connectivity index (χ1n) is 11.2. The lowest BCUT2D eigenvalue weighted by Gasteiger charge is -2.25. The zero-order valence-corrected chi connectivity index (χ0v) is 19.2. The second kappa shape index (κ2) is 21.9. The largest absolute Gasteiger partial charge is 0.396 e. The lowest BCUT2D eigenvalue weighted by Crippen LogP contribution is -2.24. The predicted molar refractivity (Wildman–Crippen MR) is 123 cm³/mol.